The number of nitrogens with one attached hydrogen (secondary N) is 1. The van der Waals surface area contributed by atoms with Gasteiger partial charge in [0.25, 0.3) is 5.91 Å². The Balaban J connectivity index is 1.84. The second kappa shape index (κ2) is 6.28. The van der Waals surface area contributed by atoms with Gasteiger partial charge in [0.1, 0.15) is 0 Å². The molecular formula is C17H24N4O2. The first-order valence-electron chi connectivity index (χ1n) is 8.24. The molecule has 0 aliphatic carbocycles. The molecule has 1 saturated heterocycles. The lowest BCUT2D eigenvalue weighted by atomic mass is 10.1. The minimum absolute atomic E-state index is 0.00140. The van der Waals surface area contributed by atoms with Gasteiger partial charge in [-0.05, 0) is 46.6 Å². The summed E-state index contributed by atoms with van der Waals surface area (Å²) in [6.07, 6.45) is 3.94. The van der Waals surface area contributed by atoms with E-state index in [1.165, 1.54) is 0 Å². The van der Waals surface area contributed by atoms with E-state index in [0.717, 1.165) is 36.2 Å². The van der Waals surface area contributed by atoms with E-state index in [-0.39, 0.29) is 24.1 Å². The van der Waals surface area contributed by atoms with Gasteiger partial charge >= 0.3 is 0 Å². The van der Waals surface area contributed by atoms with Gasteiger partial charge in [0.15, 0.2) is 5.65 Å². The topological polar surface area (TPSA) is 69.0 Å². The Kier molecular flexibility index (Phi) is 4.35. The maximum absolute atomic E-state index is 12.6. The van der Waals surface area contributed by atoms with E-state index >= 15 is 0 Å². The Morgan fingerprint density at radius 1 is 1.43 bits per heavy atom. The smallest absolute Gasteiger partial charge is 0.253 e. The number of nitrogens with zero attached hydrogens (tertiary/aromatic N) is 3. The van der Waals surface area contributed by atoms with Crippen molar-refractivity contribution in [2.75, 3.05) is 6.61 Å². The molecule has 0 aromatic carbocycles. The first kappa shape index (κ1) is 15.9. The highest BCUT2D eigenvalue weighted by Crippen LogP contribution is 2.20. The largest absolute Gasteiger partial charge is 0.376 e. The van der Waals surface area contributed by atoms with Gasteiger partial charge in [-0.1, -0.05) is 0 Å². The molecule has 124 valence electrons. The van der Waals surface area contributed by atoms with Crippen LogP contribution in [0.3, 0.4) is 0 Å². The van der Waals surface area contributed by atoms with E-state index < -0.39 is 0 Å². The minimum atomic E-state index is -0.0998. The molecule has 3 rings (SSSR count). The highest BCUT2D eigenvalue weighted by molar-refractivity contribution is 5.98. The monoisotopic (exact) mass is 316 g/mol. The maximum atomic E-state index is 12.6. The molecule has 3 heterocycles. The highest BCUT2D eigenvalue weighted by atomic mass is 16.5. The quantitative estimate of drug-likeness (QED) is 0.941. The van der Waals surface area contributed by atoms with Crippen LogP contribution in [0.15, 0.2) is 12.3 Å². The zero-order valence-electron chi connectivity index (χ0n) is 14.2. The second-order valence-corrected chi connectivity index (χ2v) is 6.53. The molecule has 1 aliphatic heterocycles. The summed E-state index contributed by atoms with van der Waals surface area (Å²) in [6, 6.07) is 2.11. The van der Waals surface area contributed by atoms with Crippen molar-refractivity contribution >= 4 is 16.9 Å². The van der Waals surface area contributed by atoms with Crippen LogP contribution in [0.5, 0.6) is 0 Å². The molecule has 1 N–H and O–H groups in total. The highest BCUT2D eigenvalue weighted by Gasteiger charge is 2.25. The first-order chi connectivity index (χ1) is 11.0. The van der Waals surface area contributed by atoms with Gasteiger partial charge < -0.3 is 10.1 Å². The summed E-state index contributed by atoms with van der Waals surface area (Å²) in [4.78, 5) is 17.2. The number of pyridine rings is 1. The molecule has 6 nitrogen and oxygen atoms in total. The maximum Gasteiger partial charge on any atom is 0.253 e. The molecule has 2 aromatic heterocycles. The molecule has 1 aliphatic rings. The molecule has 23 heavy (non-hydrogen) atoms. The summed E-state index contributed by atoms with van der Waals surface area (Å²) in [7, 11) is 0. The van der Waals surface area contributed by atoms with Gasteiger partial charge in [0, 0.05) is 18.0 Å². The van der Waals surface area contributed by atoms with Gasteiger partial charge in [-0.15, -0.1) is 0 Å². The Morgan fingerprint density at radius 2 is 2.22 bits per heavy atom. The number of fused-ring (bicyclic) bond motifs is 1. The van der Waals surface area contributed by atoms with Crippen molar-refractivity contribution in [1.29, 1.82) is 0 Å². The molecule has 0 unspecified atom stereocenters. The lowest BCUT2D eigenvalue weighted by Crippen LogP contribution is -2.41. The standard InChI is InChI=1S/C17H24N4O2/c1-10(2)21-16-13(9-18-21)8-14(11(3)19-16)17(22)20-12(4)15-6-5-7-23-15/h8-10,12,15H,5-7H2,1-4H3,(H,20,22)/t12-,15-/m1/s1. The summed E-state index contributed by atoms with van der Waals surface area (Å²) >= 11 is 0. The molecule has 0 radical (unpaired) electrons. The number of aryl methyl sites for hydroxylation is 1. The van der Waals surface area contributed by atoms with Crippen molar-refractivity contribution in [3.63, 3.8) is 0 Å². The van der Waals surface area contributed by atoms with Crippen LogP contribution in [0.1, 0.15) is 55.7 Å². The SMILES string of the molecule is Cc1nc2c(cnn2C(C)C)cc1C(=O)N[C@H](C)[C@H]1CCCO1. The van der Waals surface area contributed by atoms with Crippen molar-refractivity contribution in [2.24, 2.45) is 0 Å². The third kappa shape index (κ3) is 3.08. The molecular weight excluding hydrogens is 292 g/mol. The summed E-state index contributed by atoms with van der Waals surface area (Å²) in [6.45, 7) is 8.77. The third-order valence-corrected chi connectivity index (χ3v) is 4.37. The van der Waals surface area contributed by atoms with E-state index in [0.29, 0.717) is 5.56 Å². The zero-order valence-corrected chi connectivity index (χ0v) is 14.2. The van der Waals surface area contributed by atoms with Gasteiger partial charge in [-0.25, -0.2) is 9.67 Å². The predicted molar refractivity (Wildman–Crippen MR) is 88.6 cm³/mol. The van der Waals surface area contributed by atoms with Crippen molar-refractivity contribution in [2.45, 2.75) is 58.7 Å². The number of amides is 1. The van der Waals surface area contributed by atoms with E-state index in [2.05, 4.69) is 29.2 Å². The second-order valence-electron chi connectivity index (χ2n) is 6.53. The lowest BCUT2D eigenvalue weighted by molar-refractivity contribution is 0.0712. The molecule has 6 heteroatoms. The van der Waals surface area contributed by atoms with Crippen LogP contribution in [0.25, 0.3) is 11.0 Å². The van der Waals surface area contributed by atoms with Gasteiger partial charge in [0.2, 0.25) is 0 Å². The summed E-state index contributed by atoms with van der Waals surface area (Å²) in [5.41, 5.74) is 2.14. The van der Waals surface area contributed by atoms with Crippen LogP contribution in [-0.4, -0.2) is 39.4 Å². The molecule has 2 atom stereocenters. The fourth-order valence-electron chi connectivity index (χ4n) is 3.05. The first-order valence-corrected chi connectivity index (χ1v) is 8.24. The average Bonchev–Trinajstić information content (AvgIpc) is 3.15. The van der Waals surface area contributed by atoms with Crippen molar-refractivity contribution < 1.29 is 9.53 Å². The summed E-state index contributed by atoms with van der Waals surface area (Å²) in [5.74, 6) is -0.0998. The van der Waals surface area contributed by atoms with E-state index in [1.807, 2.05) is 24.6 Å². The van der Waals surface area contributed by atoms with Crippen LogP contribution in [0, 0.1) is 6.92 Å². The molecule has 0 bridgehead atoms. The van der Waals surface area contributed by atoms with Crippen molar-refractivity contribution in [1.82, 2.24) is 20.1 Å². The van der Waals surface area contributed by atoms with Gasteiger partial charge in [-0.2, -0.15) is 5.10 Å². The molecule has 0 saturated carbocycles. The molecule has 1 amide bonds. The summed E-state index contributed by atoms with van der Waals surface area (Å²) in [5, 5.41) is 8.29. The molecule has 2 aromatic rings. The molecule has 1 fully saturated rings. The predicted octanol–water partition coefficient (Wildman–Crippen LogP) is 2.62. The normalized spacial score (nSPS) is 19.4. The number of hydrogen-bond acceptors (Lipinski definition) is 4. The van der Waals surface area contributed by atoms with E-state index in [1.54, 1.807) is 6.20 Å². The van der Waals surface area contributed by atoms with Crippen LogP contribution in [0.2, 0.25) is 0 Å². The third-order valence-electron chi connectivity index (χ3n) is 4.37. The number of aromatic nitrogens is 3. The number of carbonyl (C=O) groups excluding carboxylic acids is 1. The van der Waals surface area contributed by atoms with Crippen LogP contribution in [0.4, 0.5) is 0 Å². The zero-order chi connectivity index (χ0) is 16.6. The average molecular weight is 316 g/mol. The molecule has 0 spiro atoms. The van der Waals surface area contributed by atoms with Gasteiger partial charge in [-0.3, -0.25) is 4.79 Å². The summed E-state index contributed by atoms with van der Waals surface area (Å²) < 4.78 is 7.51. The fraction of sp³-hybridized carbons (Fsp3) is 0.588. The van der Waals surface area contributed by atoms with Crippen molar-refractivity contribution in [3.8, 4) is 0 Å². The Labute approximate surface area is 136 Å². The number of carbonyl (C=O) groups is 1. The Morgan fingerprint density at radius 3 is 2.87 bits per heavy atom. The lowest BCUT2D eigenvalue weighted by Gasteiger charge is -2.20. The Bertz CT molecular complexity index is 717. The van der Waals surface area contributed by atoms with Crippen LogP contribution >= 0.6 is 0 Å². The van der Waals surface area contributed by atoms with Crippen LogP contribution < -0.4 is 5.32 Å². The van der Waals surface area contributed by atoms with Gasteiger partial charge in [0.05, 0.1) is 29.6 Å². The van der Waals surface area contributed by atoms with E-state index in [4.69, 9.17) is 4.74 Å². The van der Waals surface area contributed by atoms with E-state index in [9.17, 15) is 4.79 Å². The van der Waals surface area contributed by atoms with Crippen molar-refractivity contribution in [3.05, 3.63) is 23.5 Å². The fourth-order valence-corrected chi connectivity index (χ4v) is 3.05. The number of rotatable bonds is 4. The number of hydrogen-bond donors (Lipinski definition) is 1. The minimum Gasteiger partial charge on any atom is -0.376 e. The van der Waals surface area contributed by atoms with Crippen LogP contribution in [-0.2, 0) is 4.74 Å². The Hall–Kier alpha value is -1.95. The number of ether oxygens (including phenoxy) is 1.